The number of hydrogen-bond donors (Lipinski definition) is 1. The number of nitrogens with zero attached hydrogens (tertiary/aromatic N) is 6. The Labute approximate surface area is 128 Å². The van der Waals surface area contributed by atoms with E-state index in [2.05, 4.69) is 44.2 Å². The van der Waals surface area contributed by atoms with Gasteiger partial charge in [-0.15, -0.1) is 0 Å². The first-order chi connectivity index (χ1) is 10.1. The Bertz CT molecular complexity index is 597. The Balaban J connectivity index is 1.67. The molecular weight excluding hydrogens is 290 g/mol. The number of anilines is 1. The second kappa shape index (κ2) is 5.95. The van der Waals surface area contributed by atoms with Crippen LogP contribution in [-0.4, -0.2) is 55.3 Å². The zero-order chi connectivity index (χ0) is 14.8. The summed E-state index contributed by atoms with van der Waals surface area (Å²) in [5, 5.41) is 7.47. The first-order valence-electron chi connectivity index (χ1n) is 7.01. The Hall–Kier alpha value is -1.73. The van der Waals surface area contributed by atoms with Crippen LogP contribution < -0.4 is 5.32 Å². The maximum atomic E-state index is 5.95. The van der Waals surface area contributed by atoms with Gasteiger partial charge < -0.3 is 5.32 Å². The van der Waals surface area contributed by atoms with E-state index in [1.165, 1.54) is 12.8 Å². The van der Waals surface area contributed by atoms with Crippen molar-refractivity contribution >= 4 is 17.5 Å². The summed E-state index contributed by atoms with van der Waals surface area (Å²) in [6.07, 6.45) is 6.01. The summed E-state index contributed by atoms with van der Waals surface area (Å²) in [4.78, 5) is 14.9. The highest BCUT2D eigenvalue weighted by Crippen LogP contribution is 2.26. The number of aromatic nitrogens is 5. The third kappa shape index (κ3) is 3.48. The van der Waals surface area contributed by atoms with Crippen LogP contribution in [0.25, 0.3) is 5.95 Å². The average molecular weight is 308 g/mol. The van der Waals surface area contributed by atoms with Crippen molar-refractivity contribution < 1.29 is 0 Å². The van der Waals surface area contributed by atoms with Crippen LogP contribution in [0.15, 0.2) is 18.5 Å². The molecule has 2 aromatic rings. The molecule has 0 aromatic carbocycles. The van der Waals surface area contributed by atoms with Crippen molar-refractivity contribution in [3.8, 4) is 5.95 Å². The maximum absolute atomic E-state index is 5.95. The smallest absolute Gasteiger partial charge is 0.256 e. The third-order valence-corrected chi connectivity index (χ3v) is 3.85. The lowest BCUT2D eigenvalue weighted by atomic mass is 10.3. The van der Waals surface area contributed by atoms with E-state index in [0.29, 0.717) is 17.9 Å². The van der Waals surface area contributed by atoms with Gasteiger partial charge in [-0.05, 0) is 44.5 Å². The van der Waals surface area contributed by atoms with Gasteiger partial charge in [0.2, 0.25) is 11.2 Å². The summed E-state index contributed by atoms with van der Waals surface area (Å²) in [5.74, 6) is 0.877. The van der Waals surface area contributed by atoms with Gasteiger partial charge in [-0.25, -0.2) is 4.68 Å². The summed E-state index contributed by atoms with van der Waals surface area (Å²) in [7, 11) is 2.15. The van der Waals surface area contributed by atoms with Crippen LogP contribution in [0.3, 0.4) is 0 Å². The van der Waals surface area contributed by atoms with Gasteiger partial charge in [-0.3, -0.25) is 4.90 Å². The molecule has 0 bridgehead atoms. The molecule has 1 fully saturated rings. The van der Waals surface area contributed by atoms with Gasteiger partial charge in [-0.2, -0.15) is 20.1 Å². The predicted octanol–water partition coefficient (Wildman–Crippen LogP) is 1.61. The van der Waals surface area contributed by atoms with Gasteiger partial charge in [0.15, 0.2) is 0 Å². The van der Waals surface area contributed by atoms with Crippen molar-refractivity contribution in [1.29, 1.82) is 0 Å². The Morgan fingerprint density at radius 1 is 1.43 bits per heavy atom. The standard InChI is InChI=1S/C13H18ClN7/c1-9(20(2)10-4-5-10)8-15-12-17-11(14)18-13(19-12)21-7-3-6-16-21/h3,6-7,9-10H,4-5,8H2,1-2H3,(H,15,17,18,19). The van der Waals surface area contributed by atoms with E-state index in [-0.39, 0.29) is 5.28 Å². The molecule has 1 aliphatic carbocycles. The predicted molar refractivity (Wildman–Crippen MR) is 80.7 cm³/mol. The lowest BCUT2D eigenvalue weighted by molar-refractivity contribution is 0.257. The number of rotatable bonds is 6. The molecule has 0 spiro atoms. The van der Waals surface area contributed by atoms with Crippen LogP contribution >= 0.6 is 11.6 Å². The van der Waals surface area contributed by atoms with Crippen molar-refractivity contribution in [2.75, 3.05) is 18.9 Å². The molecular formula is C13H18ClN7. The van der Waals surface area contributed by atoms with Crippen LogP contribution in [0, 0.1) is 0 Å². The summed E-state index contributed by atoms with van der Waals surface area (Å²) < 4.78 is 1.55. The molecule has 1 N–H and O–H groups in total. The van der Waals surface area contributed by atoms with Gasteiger partial charge in [0.25, 0.3) is 5.95 Å². The lowest BCUT2D eigenvalue weighted by Gasteiger charge is -2.24. The fourth-order valence-corrected chi connectivity index (χ4v) is 2.29. The highest BCUT2D eigenvalue weighted by molar-refractivity contribution is 6.28. The minimum absolute atomic E-state index is 0.154. The van der Waals surface area contributed by atoms with Crippen LogP contribution in [-0.2, 0) is 0 Å². The summed E-state index contributed by atoms with van der Waals surface area (Å²) in [6.45, 7) is 2.94. The molecule has 0 amide bonds. The highest BCUT2D eigenvalue weighted by Gasteiger charge is 2.28. The molecule has 0 aliphatic heterocycles. The first kappa shape index (κ1) is 14.2. The van der Waals surface area contributed by atoms with E-state index in [9.17, 15) is 0 Å². The molecule has 7 nitrogen and oxygen atoms in total. The molecule has 1 saturated carbocycles. The Morgan fingerprint density at radius 2 is 2.24 bits per heavy atom. The summed E-state index contributed by atoms with van der Waals surface area (Å²) in [5.41, 5.74) is 0. The minimum Gasteiger partial charge on any atom is -0.352 e. The molecule has 21 heavy (non-hydrogen) atoms. The molecule has 0 saturated heterocycles. The zero-order valence-corrected chi connectivity index (χ0v) is 12.8. The third-order valence-electron chi connectivity index (χ3n) is 3.68. The first-order valence-corrected chi connectivity index (χ1v) is 7.38. The number of hydrogen-bond acceptors (Lipinski definition) is 6. The van der Waals surface area contributed by atoms with Gasteiger partial charge in [0.05, 0.1) is 0 Å². The molecule has 2 aromatic heterocycles. The van der Waals surface area contributed by atoms with Crippen molar-refractivity contribution in [1.82, 2.24) is 29.6 Å². The van der Waals surface area contributed by atoms with Gasteiger partial charge in [0, 0.05) is 31.0 Å². The lowest BCUT2D eigenvalue weighted by Crippen LogP contribution is -2.36. The highest BCUT2D eigenvalue weighted by atomic mass is 35.5. The molecule has 3 rings (SSSR count). The van der Waals surface area contributed by atoms with E-state index in [1.54, 1.807) is 23.1 Å². The number of halogens is 1. The van der Waals surface area contributed by atoms with Crippen LogP contribution in [0.5, 0.6) is 0 Å². The molecule has 2 heterocycles. The average Bonchev–Trinajstić information content (AvgIpc) is 3.17. The second-order valence-electron chi connectivity index (χ2n) is 5.31. The van der Waals surface area contributed by atoms with Crippen LogP contribution in [0.1, 0.15) is 19.8 Å². The fraction of sp³-hybridized carbons (Fsp3) is 0.538. The second-order valence-corrected chi connectivity index (χ2v) is 5.64. The maximum Gasteiger partial charge on any atom is 0.256 e. The SMILES string of the molecule is CC(CNc1nc(Cl)nc(-n2cccn2)n1)N(C)C1CC1. The van der Waals surface area contributed by atoms with Gasteiger partial charge >= 0.3 is 0 Å². The normalized spacial score (nSPS) is 16.2. The van der Waals surface area contributed by atoms with Crippen molar-refractivity contribution in [2.24, 2.45) is 0 Å². The van der Waals surface area contributed by atoms with E-state index < -0.39 is 0 Å². The van der Waals surface area contributed by atoms with Crippen molar-refractivity contribution in [3.05, 3.63) is 23.7 Å². The zero-order valence-electron chi connectivity index (χ0n) is 12.1. The van der Waals surface area contributed by atoms with E-state index >= 15 is 0 Å². The largest absolute Gasteiger partial charge is 0.352 e. The summed E-state index contributed by atoms with van der Waals surface area (Å²) in [6, 6.07) is 2.93. The summed E-state index contributed by atoms with van der Waals surface area (Å²) >= 11 is 5.95. The van der Waals surface area contributed by atoms with Crippen LogP contribution in [0.2, 0.25) is 5.28 Å². The Kier molecular flexibility index (Phi) is 4.03. The fourth-order valence-electron chi connectivity index (χ4n) is 2.13. The quantitative estimate of drug-likeness (QED) is 0.874. The van der Waals surface area contributed by atoms with Gasteiger partial charge in [-0.1, -0.05) is 0 Å². The molecule has 112 valence electrons. The van der Waals surface area contributed by atoms with E-state index in [0.717, 1.165) is 12.6 Å². The van der Waals surface area contributed by atoms with Crippen LogP contribution in [0.4, 0.5) is 5.95 Å². The molecule has 0 radical (unpaired) electrons. The minimum atomic E-state index is 0.154. The molecule has 8 heteroatoms. The van der Waals surface area contributed by atoms with E-state index in [1.807, 2.05) is 0 Å². The number of nitrogens with one attached hydrogen (secondary N) is 1. The Morgan fingerprint density at radius 3 is 2.90 bits per heavy atom. The molecule has 1 atom stereocenters. The topological polar surface area (TPSA) is 71.8 Å². The molecule has 1 aliphatic rings. The van der Waals surface area contributed by atoms with Gasteiger partial charge in [0.1, 0.15) is 0 Å². The van der Waals surface area contributed by atoms with E-state index in [4.69, 9.17) is 11.6 Å². The van der Waals surface area contributed by atoms with Crippen molar-refractivity contribution in [2.45, 2.75) is 31.8 Å². The monoisotopic (exact) mass is 307 g/mol. The van der Waals surface area contributed by atoms with Crippen molar-refractivity contribution in [3.63, 3.8) is 0 Å². The number of likely N-dealkylation sites (N-methyl/N-ethyl adjacent to an activating group) is 1. The molecule has 1 unspecified atom stereocenters.